The molecule has 0 amide bonds. The van der Waals surface area contributed by atoms with Gasteiger partial charge in [-0.1, -0.05) is 0 Å². The number of aliphatic hydroxyl groups excluding tert-OH is 1. The summed E-state index contributed by atoms with van der Waals surface area (Å²) in [6, 6.07) is 3.76. The van der Waals surface area contributed by atoms with Gasteiger partial charge in [0.25, 0.3) is 0 Å². The minimum atomic E-state index is -0.239. The predicted molar refractivity (Wildman–Crippen MR) is 56.2 cm³/mol. The van der Waals surface area contributed by atoms with E-state index in [2.05, 4.69) is 4.98 Å². The smallest absolute Gasteiger partial charge is 0.152 e. The third-order valence-electron chi connectivity index (χ3n) is 2.51. The average molecular weight is 193 g/mol. The van der Waals surface area contributed by atoms with Crippen LogP contribution in [-0.4, -0.2) is 29.3 Å². The number of hydrogen-bond donors (Lipinski definition) is 2. The van der Waals surface area contributed by atoms with Crippen LogP contribution in [0.1, 0.15) is 12.1 Å². The number of aryl methyl sites for hydroxylation is 1. The molecule has 0 radical (unpaired) electrons. The summed E-state index contributed by atoms with van der Waals surface area (Å²) in [6.07, 6.45) is 0.562. The average Bonchev–Trinajstić information content (AvgIpc) is 2.56. The molecule has 76 valence electrons. The van der Waals surface area contributed by atoms with Crippen molar-refractivity contribution in [3.05, 3.63) is 17.8 Å². The molecule has 0 aliphatic carbocycles. The Hall–Kier alpha value is -1.29. The van der Waals surface area contributed by atoms with Crippen LogP contribution >= 0.6 is 0 Å². The lowest BCUT2D eigenvalue weighted by molar-refractivity contribution is 0.198. The zero-order valence-corrected chi connectivity index (χ0v) is 8.27. The number of anilines is 2. The molecule has 1 aromatic rings. The molecular weight excluding hydrogens is 178 g/mol. The van der Waals surface area contributed by atoms with Crippen LogP contribution in [-0.2, 0) is 0 Å². The molecule has 1 fully saturated rings. The third-order valence-corrected chi connectivity index (χ3v) is 2.51. The van der Waals surface area contributed by atoms with Crippen LogP contribution in [0.15, 0.2) is 12.1 Å². The number of aromatic nitrogens is 1. The molecule has 3 N–H and O–H groups in total. The molecule has 14 heavy (non-hydrogen) atoms. The molecule has 2 heterocycles. The molecule has 1 saturated heterocycles. The first kappa shape index (κ1) is 9.27. The van der Waals surface area contributed by atoms with Crippen molar-refractivity contribution in [2.45, 2.75) is 19.4 Å². The van der Waals surface area contributed by atoms with E-state index >= 15 is 0 Å². The standard InChI is InChI=1S/C10H15N3O/c1-7-2-3-9(11)10(12-7)13-5-4-8(14)6-13/h2-3,8,14H,4-6,11H2,1H3. The minimum Gasteiger partial charge on any atom is -0.396 e. The monoisotopic (exact) mass is 193 g/mol. The summed E-state index contributed by atoms with van der Waals surface area (Å²) in [5.74, 6) is 0.807. The number of nitrogen functional groups attached to an aromatic ring is 1. The Morgan fingerprint density at radius 2 is 2.36 bits per heavy atom. The Labute approximate surface area is 83.4 Å². The van der Waals surface area contributed by atoms with E-state index in [9.17, 15) is 5.11 Å². The van der Waals surface area contributed by atoms with Crippen molar-refractivity contribution in [3.8, 4) is 0 Å². The fourth-order valence-electron chi connectivity index (χ4n) is 1.74. The lowest BCUT2D eigenvalue weighted by Crippen LogP contribution is -2.23. The van der Waals surface area contributed by atoms with E-state index < -0.39 is 0 Å². The summed E-state index contributed by atoms with van der Waals surface area (Å²) >= 11 is 0. The third kappa shape index (κ3) is 1.65. The highest BCUT2D eigenvalue weighted by molar-refractivity contribution is 5.63. The molecule has 1 aliphatic rings. The van der Waals surface area contributed by atoms with Gasteiger partial charge in [0.15, 0.2) is 5.82 Å². The van der Waals surface area contributed by atoms with Crippen LogP contribution in [0.4, 0.5) is 11.5 Å². The van der Waals surface area contributed by atoms with Crippen LogP contribution in [0, 0.1) is 6.92 Å². The van der Waals surface area contributed by atoms with Gasteiger partial charge in [-0.3, -0.25) is 0 Å². The topological polar surface area (TPSA) is 62.4 Å². The van der Waals surface area contributed by atoms with Gasteiger partial charge in [-0.15, -0.1) is 0 Å². The van der Waals surface area contributed by atoms with Gasteiger partial charge in [-0.25, -0.2) is 4.98 Å². The van der Waals surface area contributed by atoms with Crippen molar-refractivity contribution in [2.75, 3.05) is 23.7 Å². The van der Waals surface area contributed by atoms with Gasteiger partial charge in [0, 0.05) is 18.8 Å². The van der Waals surface area contributed by atoms with E-state index in [1.165, 1.54) is 0 Å². The second-order valence-corrected chi connectivity index (χ2v) is 3.75. The van der Waals surface area contributed by atoms with Crippen molar-refractivity contribution in [3.63, 3.8) is 0 Å². The number of aliphatic hydroxyl groups is 1. The quantitative estimate of drug-likeness (QED) is 0.683. The van der Waals surface area contributed by atoms with E-state index in [4.69, 9.17) is 5.73 Å². The zero-order chi connectivity index (χ0) is 10.1. The largest absolute Gasteiger partial charge is 0.396 e. The highest BCUT2D eigenvalue weighted by Gasteiger charge is 2.22. The molecular formula is C10H15N3O. The zero-order valence-electron chi connectivity index (χ0n) is 8.27. The van der Waals surface area contributed by atoms with Gasteiger partial charge < -0.3 is 15.7 Å². The Morgan fingerprint density at radius 1 is 1.57 bits per heavy atom. The van der Waals surface area contributed by atoms with Crippen molar-refractivity contribution in [1.82, 2.24) is 4.98 Å². The first-order chi connectivity index (χ1) is 6.66. The Morgan fingerprint density at radius 3 is 3.00 bits per heavy atom. The summed E-state index contributed by atoms with van der Waals surface area (Å²) in [5.41, 5.74) is 7.47. The number of β-amino-alcohol motifs (C(OH)–C–C–N with tert-alkyl or cyclic N) is 1. The van der Waals surface area contributed by atoms with Gasteiger partial charge in [0.2, 0.25) is 0 Å². The predicted octanol–water partition coefficient (Wildman–Crippen LogP) is 0.543. The Balaban J connectivity index is 2.27. The van der Waals surface area contributed by atoms with Gasteiger partial charge >= 0.3 is 0 Å². The second kappa shape index (κ2) is 3.46. The van der Waals surface area contributed by atoms with Gasteiger partial charge in [0.1, 0.15) is 0 Å². The molecule has 1 atom stereocenters. The van der Waals surface area contributed by atoms with Gasteiger partial charge in [-0.2, -0.15) is 0 Å². The number of rotatable bonds is 1. The Kier molecular flexibility index (Phi) is 2.29. The van der Waals surface area contributed by atoms with E-state index in [0.717, 1.165) is 24.5 Å². The summed E-state index contributed by atoms with van der Waals surface area (Å²) in [5, 5.41) is 9.41. The van der Waals surface area contributed by atoms with E-state index in [-0.39, 0.29) is 6.10 Å². The molecule has 2 rings (SSSR count). The molecule has 1 aliphatic heterocycles. The Bertz CT molecular complexity index is 340. The molecule has 0 bridgehead atoms. The molecule has 1 unspecified atom stereocenters. The number of hydrogen-bond acceptors (Lipinski definition) is 4. The molecule has 4 heteroatoms. The van der Waals surface area contributed by atoms with Gasteiger partial charge in [0.05, 0.1) is 11.8 Å². The van der Waals surface area contributed by atoms with Crippen LogP contribution in [0.3, 0.4) is 0 Å². The van der Waals surface area contributed by atoms with Crippen LogP contribution in [0.25, 0.3) is 0 Å². The maximum Gasteiger partial charge on any atom is 0.152 e. The lowest BCUT2D eigenvalue weighted by atomic mass is 10.3. The van der Waals surface area contributed by atoms with Crippen LogP contribution in [0.2, 0.25) is 0 Å². The minimum absolute atomic E-state index is 0.239. The summed E-state index contributed by atoms with van der Waals surface area (Å²) in [7, 11) is 0. The van der Waals surface area contributed by atoms with Crippen molar-refractivity contribution in [2.24, 2.45) is 0 Å². The highest BCUT2D eigenvalue weighted by Crippen LogP contribution is 2.24. The summed E-state index contributed by atoms with van der Waals surface area (Å²) in [4.78, 5) is 6.41. The molecule has 1 aromatic heterocycles. The lowest BCUT2D eigenvalue weighted by Gasteiger charge is -2.18. The highest BCUT2D eigenvalue weighted by atomic mass is 16.3. The number of nitrogens with zero attached hydrogens (tertiary/aromatic N) is 2. The van der Waals surface area contributed by atoms with Crippen LogP contribution < -0.4 is 10.6 Å². The second-order valence-electron chi connectivity index (χ2n) is 3.75. The normalized spacial score (nSPS) is 21.6. The maximum atomic E-state index is 9.41. The SMILES string of the molecule is Cc1ccc(N)c(N2CCC(O)C2)n1. The first-order valence-corrected chi connectivity index (χ1v) is 4.83. The summed E-state index contributed by atoms with van der Waals surface area (Å²) < 4.78 is 0. The van der Waals surface area contributed by atoms with E-state index in [1.54, 1.807) is 0 Å². The first-order valence-electron chi connectivity index (χ1n) is 4.83. The van der Waals surface area contributed by atoms with Gasteiger partial charge in [-0.05, 0) is 25.5 Å². The van der Waals surface area contributed by atoms with Crippen molar-refractivity contribution < 1.29 is 5.11 Å². The molecule has 4 nitrogen and oxygen atoms in total. The number of nitrogens with two attached hydrogens (primary N) is 1. The van der Waals surface area contributed by atoms with E-state index in [1.807, 2.05) is 24.0 Å². The fraction of sp³-hybridized carbons (Fsp3) is 0.500. The van der Waals surface area contributed by atoms with E-state index in [0.29, 0.717) is 12.2 Å². The van der Waals surface area contributed by atoms with Crippen molar-refractivity contribution in [1.29, 1.82) is 0 Å². The van der Waals surface area contributed by atoms with Crippen molar-refractivity contribution >= 4 is 11.5 Å². The molecule has 0 spiro atoms. The molecule has 0 aromatic carbocycles. The number of pyridine rings is 1. The maximum absolute atomic E-state index is 9.41. The molecule has 0 saturated carbocycles. The summed E-state index contributed by atoms with van der Waals surface area (Å²) in [6.45, 7) is 3.41. The fourth-order valence-corrected chi connectivity index (χ4v) is 1.74. The van der Waals surface area contributed by atoms with Crippen LogP contribution in [0.5, 0.6) is 0 Å².